The molecule has 0 bridgehead atoms. The molecule has 2 amide bonds. The summed E-state index contributed by atoms with van der Waals surface area (Å²) >= 11 is 0. The van der Waals surface area contributed by atoms with Gasteiger partial charge in [0.15, 0.2) is 0 Å². The van der Waals surface area contributed by atoms with Gasteiger partial charge in [-0.3, -0.25) is 14.5 Å². The summed E-state index contributed by atoms with van der Waals surface area (Å²) in [6.45, 7) is 5.93. The average Bonchev–Trinajstić information content (AvgIpc) is 2.70. The maximum Gasteiger partial charge on any atom is 0.223 e. The highest BCUT2D eigenvalue weighted by Gasteiger charge is 2.27. The summed E-state index contributed by atoms with van der Waals surface area (Å²) in [7, 11) is 0. The van der Waals surface area contributed by atoms with Crippen LogP contribution in [0.5, 0.6) is 0 Å². The van der Waals surface area contributed by atoms with E-state index in [0.29, 0.717) is 12.3 Å². The molecule has 7 heteroatoms. The van der Waals surface area contributed by atoms with Gasteiger partial charge in [-0.05, 0) is 44.4 Å². The standard InChI is InChI=1S/C21H38N4O2.ClH/c26-20(16-17-4-2-1-3-5-17)24-19-8-6-18(7-9-19)21(27)23-12-15-25-13-10-22-11-14-25;/h17-19,22H,1-16H2,(H,23,27)(H,24,26);1H. The molecule has 2 saturated carbocycles. The Morgan fingerprint density at radius 3 is 2.29 bits per heavy atom. The molecule has 3 rings (SSSR count). The van der Waals surface area contributed by atoms with Gasteiger partial charge in [-0.1, -0.05) is 19.3 Å². The number of hydrogen-bond donors (Lipinski definition) is 3. The number of rotatable bonds is 7. The summed E-state index contributed by atoms with van der Waals surface area (Å²) in [5.74, 6) is 1.15. The van der Waals surface area contributed by atoms with E-state index >= 15 is 0 Å². The molecule has 28 heavy (non-hydrogen) atoms. The Bertz CT molecular complexity index is 471. The van der Waals surface area contributed by atoms with Crippen LogP contribution in [0.15, 0.2) is 0 Å². The molecule has 1 aliphatic heterocycles. The van der Waals surface area contributed by atoms with Crippen LogP contribution >= 0.6 is 12.4 Å². The van der Waals surface area contributed by atoms with Gasteiger partial charge < -0.3 is 16.0 Å². The first kappa shape index (κ1) is 23.4. The largest absolute Gasteiger partial charge is 0.355 e. The fraction of sp³-hybridized carbons (Fsp3) is 0.905. The Hall–Kier alpha value is -0.850. The molecule has 0 spiro atoms. The van der Waals surface area contributed by atoms with Crippen LogP contribution in [0.1, 0.15) is 64.2 Å². The molecule has 3 N–H and O–H groups in total. The van der Waals surface area contributed by atoms with E-state index in [-0.39, 0.29) is 36.2 Å². The summed E-state index contributed by atoms with van der Waals surface area (Å²) in [6, 6.07) is 0.269. The van der Waals surface area contributed by atoms with E-state index < -0.39 is 0 Å². The van der Waals surface area contributed by atoms with Gasteiger partial charge in [0, 0.05) is 57.6 Å². The molecule has 0 atom stereocenters. The van der Waals surface area contributed by atoms with Crippen LogP contribution in [-0.4, -0.2) is 62.0 Å². The topological polar surface area (TPSA) is 73.5 Å². The second kappa shape index (κ2) is 12.7. The van der Waals surface area contributed by atoms with Crippen LogP contribution in [0.2, 0.25) is 0 Å². The number of hydrogen-bond acceptors (Lipinski definition) is 4. The van der Waals surface area contributed by atoms with Gasteiger partial charge in [-0.25, -0.2) is 0 Å². The van der Waals surface area contributed by atoms with E-state index in [1.54, 1.807) is 0 Å². The average molecular weight is 415 g/mol. The molecule has 0 aromatic rings. The molecule has 0 aromatic heterocycles. The zero-order chi connectivity index (χ0) is 18.9. The number of amides is 2. The molecule has 1 heterocycles. The van der Waals surface area contributed by atoms with Gasteiger partial charge in [-0.15, -0.1) is 12.4 Å². The van der Waals surface area contributed by atoms with Crippen molar-refractivity contribution in [2.45, 2.75) is 70.3 Å². The SMILES string of the molecule is Cl.O=C(CC1CCCCC1)NC1CCC(C(=O)NCCN2CCNCC2)CC1. The molecular formula is C21H39ClN4O2. The van der Waals surface area contributed by atoms with Gasteiger partial charge >= 0.3 is 0 Å². The van der Waals surface area contributed by atoms with E-state index in [9.17, 15) is 9.59 Å². The minimum Gasteiger partial charge on any atom is -0.355 e. The lowest BCUT2D eigenvalue weighted by molar-refractivity contribution is -0.126. The summed E-state index contributed by atoms with van der Waals surface area (Å²) in [5.41, 5.74) is 0. The maximum absolute atomic E-state index is 12.4. The fourth-order valence-corrected chi connectivity index (χ4v) is 4.86. The monoisotopic (exact) mass is 414 g/mol. The zero-order valence-corrected chi connectivity index (χ0v) is 18.0. The third-order valence-corrected chi connectivity index (χ3v) is 6.60. The lowest BCUT2D eigenvalue weighted by atomic mass is 9.84. The number of carbonyl (C=O) groups excluding carboxylic acids is 2. The normalized spacial score (nSPS) is 26.9. The van der Waals surface area contributed by atoms with Crippen molar-refractivity contribution < 1.29 is 9.59 Å². The van der Waals surface area contributed by atoms with Gasteiger partial charge in [-0.2, -0.15) is 0 Å². The molecule has 0 unspecified atom stereocenters. The highest BCUT2D eigenvalue weighted by atomic mass is 35.5. The van der Waals surface area contributed by atoms with Crippen molar-refractivity contribution in [3.8, 4) is 0 Å². The number of nitrogens with one attached hydrogen (secondary N) is 3. The first-order chi connectivity index (χ1) is 13.2. The molecule has 6 nitrogen and oxygen atoms in total. The smallest absolute Gasteiger partial charge is 0.223 e. The van der Waals surface area contributed by atoms with Crippen molar-refractivity contribution in [1.29, 1.82) is 0 Å². The summed E-state index contributed by atoms with van der Waals surface area (Å²) in [4.78, 5) is 27.1. The van der Waals surface area contributed by atoms with Crippen LogP contribution in [0.4, 0.5) is 0 Å². The molecular weight excluding hydrogens is 376 g/mol. The van der Waals surface area contributed by atoms with Gasteiger partial charge in [0.1, 0.15) is 0 Å². The van der Waals surface area contributed by atoms with Crippen LogP contribution in [0.3, 0.4) is 0 Å². The van der Waals surface area contributed by atoms with Crippen molar-refractivity contribution in [1.82, 2.24) is 20.9 Å². The van der Waals surface area contributed by atoms with E-state index in [1.165, 1.54) is 32.1 Å². The zero-order valence-electron chi connectivity index (χ0n) is 17.2. The van der Waals surface area contributed by atoms with Gasteiger partial charge in [0.25, 0.3) is 0 Å². The quantitative estimate of drug-likeness (QED) is 0.596. The number of halogens is 1. The summed E-state index contributed by atoms with van der Waals surface area (Å²) in [6.07, 6.45) is 10.7. The second-order valence-corrected chi connectivity index (χ2v) is 8.71. The highest BCUT2D eigenvalue weighted by Crippen LogP contribution is 2.27. The maximum atomic E-state index is 12.4. The summed E-state index contributed by atoms with van der Waals surface area (Å²) in [5, 5.41) is 9.70. The Morgan fingerprint density at radius 1 is 0.929 bits per heavy atom. The van der Waals surface area contributed by atoms with Crippen molar-refractivity contribution >= 4 is 24.2 Å². The molecule has 0 radical (unpaired) electrons. The predicted molar refractivity (Wildman–Crippen MR) is 115 cm³/mol. The van der Waals surface area contributed by atoms with Crippen molar-refractivity contribution in [2.75, 3.05) is 39.3 Å². The lowest BCUT2D eigenvalue weighted by Gasteiger charge is -2.30. The lowest BCUT2D eigenvalue weighted by Crippen LogP contribution is -2.47. The second-order valence-electron chi connectivity index (χ2n) is 8.71. The Balaban J connectivity index is 0.00000280. The molecule has 0 aromatic carbocycles. The first-order valence-electron chi connectivity index (χ1n) is 11.2. The minimum absolute atomic E-state index is 0. The Kier molecular flexibility index (Phi) is 10.6. The Labute approximate surface area is 176 Å². The van der Waals surface area contributed by atoms with Crippen LogP contribution < -0.4 is 16.0 Å². The Morgan fingerprint density at radius 2 is 1.61 bits per heavy atom. The van der Waals surface area contributed by atoms with Crippen molar-refractivity contribution in [3.63, 3.8) is 0 Å². The van der Waals surface area contributed by atoms with Crippen molar-refractivity contribution in [2.24, 2.45) is 11.8 Å². The van der Waals surface area contributed by atoms with E-state index in [1.807, 2.05) is 0 Å². The van der Waals surface area contributed by atoms with Crippen molar-refractivity contribution in [3.05, 3.63) is 0 Å². The highest BCUT2D eigenvalue weighted by molar-refractivity contribution is 5.85. The van der Waals surface area contributed by atoms with Crippen LogP contribution in [0.25, 0.3) is 0 Å². The summed E-state index contributed by atoms with van der Waals surface area (Å²) < 4.78 is 0. The first-order valence-corrected chi connectivity index (χ1v) is 11.2. The van der Waals surface area contributed by atoms with Crippen LogP contribution in [0, 0.1) is 11.8 Å². The van der Waals surface area contributed by atoms with Crippen LogP contribution in [-0.2, 0) is 9.59 Å². The van der Waals surface area contributed by atoms with Gasteiger partial charge in [0.05, 0.1) is 0 Å². The predicted octanol–water partition coefficient (Wildman–Crippen LogP) is 2.08. The molecule has 3 aliphatic rings. The van der Waals surface area contributed by atoms with E-state index in [4.69, 9.17) is 0 Å². The fourth-order valence-electron chi connectivity index (χ4n) is 4.86. The number of carbonyl (C=O) groups is 2. The van der Waals surface area contributed by atoms with E-state index in [2.05, 4.69) is 20.9 Å². The third kappa shape index (κ3) is 7.88. The molecule has 3 fully saturated rings. The molecule has 2 aliphatic carbocycles. The number of nitrogens with zero attached hydrogens (tertiary/aromatic N) is 1. The van der Waals surface area contributed by atoms with E-state index in [0.717, 1.165) is 65.0 Å². The van der Waals surface area contributed by atoms with Gasteiger partial charge in [0.2, 0.25) is 11.8 Å². The number of piperazine rings is 1. The third-order valence-electron chi connectivity index (χ3n) is 6.60. The minimum atomic E-state index is 0. The molecule has 1 saturated heterocycles. The molecule has 162 valence electrons.